The zero-order valence-electron chi connectivity index (χ0n) is 33.5. The van der Waals surface area contributed by atoms with Crippen molar-refractivity contribution in [1.82, 2.24) is 19.8 Å². The van der Waals surface area contributed by atoms with Crippen molar-refractivity contribution in [3.05, 3.63) is 110 Å². The first-order valence-corrected chi connectivity index (χ1v) is 20.0. The van der Waals surface area contributed by atoms with Crippen LogP contribution in [0.5, 0.6) is 5.75 Å². The van der Waals surface area contributed by atoms with Crippen LogP contribution in [-0.4, -0.2) is 81.1 Å². The maximum atomic E-state index is 14.1. The van der Waals surface area contributed by atoms with Crippen molar-refractivity contribution in [3.8, 4) is 5.75 Å². The monoisotopic (exact) mass is 838 g/mol. The molecule has 1 atom stereocenters. The Morgan fingerprint density at radius 2 is 1.64 bits per heavy atom. The lowest BCUT2D eigenvalue weighted by atomic mass is 10.0. The van der Waals surface area contributed by atoms with Gasteiger partial charge in [0.15, 0.2) is 5.69 Å². The molecule has 16 heteroatoms. The van der Waals surface area contributed by atoms with Crippen LogP contribution in [-0.2, 0) is 51.0 Å². The van der Waals surface area contributed by atoms with Crippen LogP contribution < -0.4 is 5.32 Å². The Balaban J connectivity index is 0.000000336. The van der Waals surface area contributed by atoms with Crippen LogP contribution >= 0.6 is 20.8 Å². The highest BCUT2D eigenvalue weighted by atomic mass is 35.5. The lowest BCUT2D eigenvalue weighted by Crippen LogP contribution is -2.50. The second-order valence-electron chi connectivity index (χ2n) is 14.3. The van der Waals surface area contributed by atoms with Gasteiger partial charge in [-0.05, 0) is 73.7 Å². The van der Waals surface area contributed by atoms with Gasteiger partial charge in [-0.1, -0.05) is 59.5 Å². The van der Waals surface area contributed by atoms with Gasteiger partial charge in [0.25, 0.3) is 17.5 Å². The number of hydrogen-bond donors (Lipinski definition) is 2. The van der Waals surface area contributed by atoms with E-state index < -0.39 is 5.66 Å². The van der Waals surface area contributed by atoms with Gasteiger partial charge in [0.05, 0.1) is 42.8 Å². The molecule has 0 bridgehead atoms. The summed E-state index contributed by atoms with van der Waals surface area (Å²) in [7, 11) is 1.43. The molecule has 0 aliphatic carbocycles. The van der Waals surface area contributed by atoms with Crippen LogP contribution in [0.25, 0.3) is 0 Å². The zero-order valence-corrected chi connectivity index (χ0v) is 35.4. The molecule has 6 rings (SSSR count). The maximum Gasteiger partial charge on any atom is 0.294 e. The molecule has 12 nitrogen and oxygen atoms in total. The SMILES string of the molecule is C=C(C)N(/N=C(\C)c1ccc2c(c1)COC2)C(=O)/C(=C(\C)CC)N1CCN(C(=O)c2nc3c(cc2O)COCC3)CC1.CCC(=O)Nc1ccc(C(F)(F)P)cc1Cl. The summed E-state index contributed by atoms with van der Waals surface area (Å²) in [5.74, 6) is -0.909. The smallest absolute Gasteiger partial charge is 0.294 e. The van der Waals surface area contributed by atoms with E-state index in [1.54, 1.807) is 24.8 Å². The summed E-state index contributed by atoms with van der Waals surface area (Å²) >= 11 is 5.78. The minimum absolute atomic E-state index is 0.0667. The highest BCUT2D eigenvalue weighted by molar-refractivity contribution is 7.17. The highest BCUT2D eigenvalue weighted by Crippen LogP contribution is 2.37. The molecule has 1 fully saturated rings. The third-order valence-electron chi connectivity index (χ3n) is 10.0. The van der Waals surface area contributed by atoms with E-state index >= 15 is 0 Å². The number of carbonyl (C=O) groups excluding carboxylic acids is 3. The summed E-state index contributed by atoms with van der Waals surface area (Å²) in [6.45, 7) is 17.2. The van der Waals surface area contributed by atoms with Crippen molar-refractivity contribution in [2.45, 2.75) is 79.4 Å². The lowest BCUT2D eigenvalue weighted by Gasteiger charge is -2.38. The average Bonchev–Trinajstić information content (AvgIpc) is 3.68. The van der Waals surface area contributed by atoms with Crippen LogP contribution in [0.15, 0.2) is 71.1 Å². The molecule has 1 aromatic heterocycles. The van der Waals surface area contributed by atoms with Crippen molar-refractivity contribution >= 4 is 50.0 Å². The quantitative estimate of drug-likeness (QED) is 0.0917. The Labute approximate surface area is 345 Å². The predicted molar refractivity (Wildman–Crippen MR) is 223 cm³/mol. The molecular formula is C42H50ClF2N6O6P. The first-order valence-electron chi connectivity index (χ1n) is 19.1. The summed E-state index contributed by atoms with van der Waals surface area (Å²) < 4.78 is 36.8. The number of hydrogen-bond acceptors (Lipinski definition) is 9. The number of carbonyl (C=O) groups is 3. The number of piperazine rings is 1. The van der Waals surface area contributed by atoms with E-state index in [9.17, 15) is 28.3 Å². The Kier molecular flexibility index (Phi) is 14.8. The fourth-order valence-corrected chi connectivity index (χ4v) is 6.95. The number of pyridine rings is 1. The molecule has 0 saturated carbocycles. The van der Waals surface area contributed by atoms with Gasteiger partial charge >= 0.3 is 0 Å². The number of anilines is 1. The van der Waals surface area contributed by atoms with Gasteiger partial charge in [0.2, 0.25) is 5.91 Å². The molecule has 2 aromatic carbocycles. The summed E-state index contributed by atoms with van der Waals surface area (Å²) in [5, 5.41) is 19.3. The molecule has 0 radical (unpaired) electrons. The molecule has 1 unspecified atom stereocenters. The number of nitrogens with one attached hydrogen (secondary N) is 1. The molecule has 1 saturated heterocycles. The fourth-order valence-electron chi connectivity index (χ4n) is 6.54. The summed E-state index contributed by atoms with van der Waals surface area (Å²) in [4.78, 5) is 46.7. The van der Waals surface area contributed by atoms with Crippen molar-refractivity contribution in [3.63, 3.8) is 0 Å². The first-order chi connectivity index (χ1) is 27.5. The number of amides is 3. The zero-order chi connectivity index (χ0) is 42.3. The first kappa shape index (κ1) is 44.4. The number of alkyl halides is 2. The highest BCUT2D eigenvalue weighted by Gasteiger charge is 2.32. The summed E-state index contributed by atoms with van der Waals surface area (Å²) in [6.07, 6.45) is 1.60. The average molecular weight is 839 g/mol. The Morgan fingerprint density at radius 1 is 0.966 bits per heavy atom. The van der Waals surface area contributed by atoms with Crippen LogP contribution in [0.3, 0.4) is 0 Å². The van der Waals surface area contributed by atoms with Gasteiger partial charge in [-0.3, -0.25) is 14.4 Å². The van der Waals surface area contributed by atoms with Crippen molar-refractivity contribution in [1.29, 1.82) is 0 Å². The van der Waals surface area contributed by atoms with Gasteiger partial charge in [-0.2, -0.15) is 13.9 Å². The molecule has 3 aliphatic rings. The third kappa shape index (κ3) is 10.6. The van der Waals surface area contributed by atoms with Gasteiger partial charge in [-0.25, -0.2) is 9.99 Å². The fraction of sp³-hybridized carbons (Fsp3) is 0.405. The Bertz CT molecular complexity index is 2130. The molecular weight excluding hydrogens is 789 g/mol. The molecule has 310 valence electrons. The second-order valence-corrected chi connectivity index (χ2v) is 15.4. The number of allylic oxidation sites excluding steroid dienone is 2. The standard InChI is InChI=1S/C32H39N5O5.C10H11ClF2NOP/c1-6-21(4)30(32(40)37(20(2)3)34-22(5)23-7-8-24-17-42-18-25(24)15-23)35-10-12-36(13-11-35)31(39)29-28(38)16-26-19-41-14-9-27(26)33-29;1-2-9(15)14-8-4-3-6(5-7(8)11)10(12,13)16/h7-8,15-16,38H,2,6,9-14,17-19H2,1,3-5H3;3-5H,2,16H2,1H3,(H,14,15)/b30-21-,34-22+;. The number of benzene rings is 2. The molecule has 4 heterocycles. The van der Waals surface area contributed by atoms with E-state index in [1.807, 2.05) is 37.8 Å². The number of aromatic hydroxyl groups is 1. The van der Waals surface area contributed by atoms with E-state index in [-0.39, 0.29) is 39.8 Å². The maximum absolute atomic E-state index is 14.1. The molecule has 58 heavy (non-hydrogen) atoms. The van der Waals surface area contributed by atoms with Crippen molar-refractivity contribution < 1.29 is 37.7 Å². The minimum atomic E-state index is -3.02. The number of rotatable bonds is 10. The second kappa shape index (κ2) is 19.3. The van der Waals surface area contributed by atoms with E-state index in [0.29, 0.717) is 94.7 Å². The number of nitrogens with zero attached hydrogens (tertiary/aromatic N) is 5. The van der Waals surface area contributed by atoms with E-state index in [4.69, 9.17) is 26.2 Å². The summed E-state index contributed by atoms with van der Waals surface area (Å²) in [6, 6.07) is 11.4. The molecule has 0 spiro atoms. The Hall–Kier alpha value is -4.75. The van der Waals surface area contributed by atoms with Crippen molar-refractivity contribution in [2.75, 3.05) is 38.1 Å². The van der Waals surface area contributed by atoms with Crippen LogP contribution in [0, 0.1) is 0 Å². The van der Waals surface area contributed by atoms with E-state index in [0.717, 1.165) is 34.0 Å². The van der Waals surface area contributed by atoms with E-state index in [1.165, 1.54) is 31.9 Å². The third-order valence-corrected chi connectivity index (χ3v) is 10.7. The van der Waals surface area contributed by atoms with Crippen LogP contribution in [0.4, 0.5) is 14.5 Å². The number of hydrazone groups is 1. The normalized spacial score (nSPS) is 15.7. The number of halogens is 3. The van der Waals surface area contributed by atoms with Gasteiger partial charge < -0.3 is 29.7 Å². The molecule has 3 aliphatic heterocycles. The van der Waals surface area contributed by atoms with Gasteiger partial charge in [0.1, 0.15) is 11.4 Å². The largest absolute Gasteiger partial charge is 0.505 e. The number of ether oxygens (including phenoxy) is 2. The van der Waals surface area contributed by atoms with Crippen molar-refractivity contribution in [2.24, 2.45) is 5.10 Å². The molecule has 3 aromatic rings. The summed E-state index contributed by atoms with van der Waals surface area (Å²) in [5.41, 5.74) is 4.74. The minimum Gasteiger partial charge on any atom is -0.505 e. The van der Waals surface area contributed by atoms with Gasteiger partial charge in [0, 0.05) is 61.5 Å². The topological polar surface area (TPSA) is 137 Å². The molecule has 3 amide bonds. The Morgan fingerprint density at radius 3 is 2.28 bits per heavy atom. The molecule has 2 N–H and O–H groups in total. The number of fused-ring (bicyclic) bond motifs is 2. The predicted octanol–water partition coefficient (Wildman–Crippen LogP) is 7.73. The lowest BCUT2D eigenvalue weighted by molar-refractivity contribution is -0.127. The van der Waals surface area contributed by atoms with Crippen LogP contribution in [0.2, 0.25) is 5.02 Å². The van der Waals surface area contributed by atoms with Gasteiger partial charge in [-0.15, -0.1) is 0 Å². The number of aromatic nitrogens is 1. The van der Waals surface area contributed by atoms with Crippen LogP contribution in [0.1, 0.15) is 91.5 Å². The van der Waals surface area contributed by atoms with E-state index in [2.05, 4.69) is 22.9 Å².